The van der Waals surface area contributed by atoms with Gasteiger partial charge in [0.25, 0.3) is 0 Å². The van der Waals surface area contributed by atoms with Gasteiger partial charge < -0.3 is 9.47 Å². The molecule has 0 saturated carbocycles. The Morgan fingerprint density at radius 2 is 0.942 bits per heavy atom. The van der Waals surface area contributed by atoms with Gasteiger partial charge in [-0.15, -0.1) is 0 Å². The van der Waals surface area contributed by atoms with E-state index in [4.69, 9.17) is 0 Å². The third kappa shape index (κ3) is 8.97. The van der Waals surface area contributed by atoms with E-state index in [-0.39, 0.29) is 17.5 Å². The van der Waals surface area contributed by atoms with Crippen LogP contribution in [0.3, 0.4) is 0 Å². The monoisotopic (exact) mass is 1120 g/mol. The van der Waals surface area contributed by atoms with Gasteiger partial charge in [0.05, 0.1) is 11.2 Å². The van der Waals surface area contributed by atoms with E-state index in [9.17, 15) is 0 Å². The van der Waals surface area contributed by atoms with Crippen LogP contribution < -0.4 is 21.3 Å². The normalized spacial score (nSPS) is 12.9. The van der Waals surface area contributed by atoms with Gasteiger partial charge >= 0.3 is 0 Å². The van der Waals surface area contributed by atoms with Gasteiger partial charge in [-0.1, -0.05) is 272 Å². The zero-order chi connectivity index (χ0) is 58.4. The predicted octanol–water partition coefficient (Wildman–Crippen LogP) is 20.8. The molecule has 0 bridgehead atoms. The molecule has 0 fully saturated rings. The molecule has 1 aromatic heterocycles. The van der Waals surface area contributed by atoms with E-state index in [1.807, 2.05) is 23.9 Å². The minimum absolute atomic E-state index is 0.0589. The number of hydrogen-bond donors (Lipinski definition) is 0. The summed E-state index contributed by atoms with van der Waals surface area (Å²) in [5.74, 6) is 0. The highest BCUT2D eigenvalue weighted by Crippen LogP contribution is 2.53. The molecule has 3 heterocycles. The molecule has 0 atom stereocenters. The fourth-order valence-electron chi connectivity index (χ4n) is 13.6. The molecule has 4 heteroatoms. The fourth-order valence-corrected chi connectivity index (χ4v) is 14.9. The Labute approximate surface area is 510 Å². The molecule has 0 spiro atoms. The molecule has 12 aromatic carbocycles. The maximum atomic E-state index is 4.03. The van der Waals surface area contributed by atoms with E-state index in [2.05, 4.69) is 318 Å². The number of rotatable bonds is 9. The molecule has 0 radical (unpaired) electrons. The lowest BCUT2D eigenvalue weighted by molar-refractivity contribution is 0.589. The molecule has 2 aliphatic heterocycles. The highest BCUT2D eigenvalue weighted by atomic mass is 32.2. The molecule has 0 amide bonds. The first kappa shape index (κ1) is 53.1. The van der Waals surface area contributed by atoms with Gasteiger partial charge in [-0.3, -0.25) is 0 Å². The van der Waals surface area contributed by atoms with Gasteiger partial charge in [-0.2, -0.15) is 0 Å². The number of hydrogen-bond acceptors (Lipinski definition) is 2. The van der Waals surface area contributed by atoms with E-state index in [1.54, 1.807) is 0 Å². The lowest BCUT2D eigenvalue weighted by Crippen LogP contribution is -2.60. The molecule has 2 aliphatic rings. The van der Waals surface area contributed by atoms with Crippen molar-refractivity contribution >= 4 is 90.4 Å². The highest BCUT2D eigenvalue weighted by Gasteiger charge is 2.43. The molecule has 13 aromatic rings. The van der Waals surface area contributed by atoms with Crippen LogP contribution in [0.25, 0.3) is 99.8 Å². The second-order valence-electron chi connectivity index (χ2n) is 25.3. The average molecular weight is 1120 g/mol. The van der Waals surface area contributed by atoms with E-state index in [1.165, 1.54) is 137 Å². The summed E-state index contributed by atoms with van der Waals surface area (Å²) >= 11 is 1.93. The van der Waals surface area contributed by atoms with Crippen molar-refractivity contribution in [1.29, 1.82) is 0 Å². The molecule has 0 unspecified atom stereocenters. The van der Waals surface area contributed by atoms with E-state index < -0.39 is 0 Å². The van der Waals surface area contributed by atoms with Gasteiger partial charge in [0.15, 0.2) is 0 Å². The number of benzene rings is 12. The van der Waals surface area contributed by atoms with Gasteiger partial charge in [0.2, 0.25) is 6.71 Å². The minimum atomic E-state index is -0.168. The van der Waals surface area contributed by atoms with Crippen molar-refractivity contribution in [2.24, 2.45) is 0 Å². The summed E-state index contributed by atoms with van der Waals surface area (Å²) in [6.07, 6.45) is 6.07. The molecular weight excluding hydrogens is 1060 g/mol. The first-order chi connectivity index (χ1) is 41.9. The topological polar surface area (TPSA) is 8.17 Å². The van der Waals surface area contributed by atoms with Crippen LogP contribution in [-0.4, -0.2) is 11.3 Å². The first-order valence-corrected chi connectivity index (χ1v) is 30.9. The lowest BCUT2D eigenvalue weighted by atomic mass is 9.34. The summed E-state index contributed by atoms with van der Waals surface area (Å²) < 4.78 is 2.40. The maximum absolute atomic E-state index is 4.03. The quantitative estimate of drug-likeness (QED) is 0.0809. The summed E-state index contributed by atoms with van der Waals surface area (Å²) in [5, 5.41) is 6.17. The Balaban J connectivity index is 1.04. The second kappa shape index (κ2) is 20.9. The summed E-state index contributed by atoms with van der Waals surface area (Å²) in [5.41, 5.74) is 25.3. The van der Waals surface area contributed by atoms with Crippen LogP contribution in [0.4, 0.5) is 17.1 Å². The molecule has 2 nitrogen and oxygen atoms in total. The third-order valence-electron chi connectivity index (χ3n) is 17.9. The van der Waals surface area contributed by atoms with E-state index >= 15 is 0 Å². The smallest absolute Gasteiger partial charge is 0.249 e. The van der Waals surface area contributed by atoms with Gasteiger partial charge in [-0.25, -0.2) is 0 Å². The molecule has 86 heavy (non-hydrogen) atoms. The van der Waals surface area contributed by atoms with E-state index in [0.29, 0.717) is 0 Å². The number of anilines is 3. The Hall–Kier alpha value is -9.61. The number of aromatic nitrogens is 1. The van der Waals surface area contributed by atoms with Crippen LogP contribution in [0.15, 0.2) is 283 Å². The molecule has 0 N–H and O–H groups in total. The SMILES string of the molecule is C=C/C=C\c1cc2ccccc2n1-c1ccc2c(c1)Sc1cc(C(C)(C)C)cc3c1B2c1ccc(-c2ccc4c(-c5ccccc5)c5ccccc5c(-c5ccccc5)c4c2)cc1N3c1c(-c2ccccc2)cc(C(C)(C)C)cc1-c1ccccc1. The van der Waals surface area contributed by atoms with Crippen molar-refractivity contribution in [3.8, 4) is 61.3 Å². The standard InChI is InChI=1S/C82H65BN2S/c1-8-9-35-62-45-59-34-22-25-38-72(59)84(62)63-41-44-71-75(52-63)86-76-51-61(82(5,6)7)50-74-79(76)83(71)70-43-40-58(47-73(70)85(74)80-67(53-26-14-10-15-27-53)48-60(81(2,3)4)49-68(80)54-28-16-11-17-29-54)57-39-42-66-69(46-57)78(56-32-20-13-21-33-56)65-37-24-23-36-64(65)77(66)55-30-18-12-19-31-55/h8-52H,1H2,2-7H3/b35-9-. The Morgan fingerprint density at radius 3 is 1.56 bits per heavy atom. The molecule has 412 valence electrons. The van der Waals surface area contributed by atoms with Crippen LogP contribution in [0.2, 0.25) is 0 Å². The zero-order valence-corrected chi connectivity index (χ0v) is 50.4. The summed E-state index contributed by atoms with van der Waals surface area (Å²) in [6, 6.07) is 96.1. The van der Waals surface area contributed by atoms with Crippen LogP contribution in [0.5, 0.6) is 0 Å². The van der Waals surface area contributed by atoms with Crippen molar-refractivity contribution in [2.45, 2.75) is 62.2 Å². The molecular formula is C82H65BN2S. The number of fused-ring (bicyclic) bond motifs is 7. The fraction of sp³-hybridized carbons (Fsp3) is 0.0976. The zero-order valence-electron chi connectivity index (χ0n) is 49.6. The van der Waals surface area contributed by atoms with Crippen LogP contribution in [0, 0.1) is 0 Å². The lowest BCUT2D eigenvalue weighted by Gasteiger charge is -2.43. The van der Waals surface area contributed by atoms with Gasteiger partial charge in [-0.05, 0) is 166 Å². The van der Waals surface area contributed by atoms with Crippen LogP contribution in [-0.2, 0) is 10.8 Å². The van der Waals surface area contributed by atoms with Gasteiger partial charge in [0.1, 0.15) is 0 Å². The minimum Gasteiger partial charge on any atom is -0.310 e. The van der Waals surface area contributed by atoms with Crippen LogP contribution >= 0.6 is 11.8 Å². The third-order valence-corrected chi connectivity index (χ3v) is 19.0. The Kier molecular flexibility index (Phi) is 12.9. The van der Waals surface area contributed by atoms with Crippen LogP contribution in [0.1, 0.15) is 58.4 Å². The maximum Gasteiger partial charge on any atom is 0.249 e. The van der Waals surface area contributed by atoms with Crippen molar-refractivity contribution in [3.05, 3.63) is 290 Å². The molecule has 0 saturated heterocycles. The highest BCUT2D eigenvalue weighted by molar-refractivity contribution is 8.00. The average Bonchev–Trinajstić information content (AvgIpc) is 0.827. The summed E-state index contributed by atoms with van der Waals surface area (Å²) in [6.45, 7) is 18.1. The largest absolute Gasteiger partial charge is 0.310 e. The van der Waals surface area contributed by atoms with Crippen molar-refractivity contribution < 1.29 is 0 Å². The van der Waals surface area contributed by atoms with E-state index in [0.717, 1.165) is 16.9 Å². The first-order valence-electron chi connectivity index (χ1n) is 30.1. The van der Waals surface area contributed by atoms with Crippen molar-refractivity contribution in [1.82, 2.24) is 4.57 Å². The number of nitrogens with zero attached hydrogens (tertiary/aromatic N) is 2. The summed E-state index contributed by atoms with van der Waals surface area (Å²) in [4.78, 5) is 5.26. The summed E-state index contributed by atoms with van der Waals surface area (Å²) in [7, 11) is 0. The predicted molar refractivity (Wildman–Crippen MR) is 372 cm³/mol. The van der Waals surface area contributed by atoms with Gasteiger partial charge in [0, 0.05) is 49.1 Å². The number of para-hydroxylation sites is 1. The molecule has 15 rings (SSSR count). The Morgan fingerprint density at radius 1 is 0.419 bits per heavy atom. The molecule has 0 aliphatic carbocycles. The number of allylic oxidation sites excluding steroid dienone is 2. The second-order valence-corrected chi connectivity index (χ2v) is 26.4. The van der Waals surface area contributed by atoms with Crippen molar-refractivity contribution in [3.63, 3.8) is 0 Å². The van der Waals surface area contributed by atoms with Crippen molar-refractivity contribution in [2.75, 3.05) is 4.90 Å². The Bertz CT molecular complexity index is 4810.